The highest BCUT2D eigenvalue weighted by Crippen LogP contribution is 2.44. The lowest BCUT2D eigenvalue weighted by molar-refractivity contribution is -0.0662. The number of nitrogens with zero attached hydrogens (tertiary/aromatic N) is 4. The number of hydrogen-bond acceptors (Lipinski definition) is 9. The average Bonchev–Trinajstić information content (AvgIpc) is 3.51. The molecule has 2 aromatic heterocycles. The van der Waals surface area contributed by atoms with Gasteiger partial charge in [0.25, 0.3) is 11.8 Å². The molecule has 1 atom stereocenters. The monoisotopic (exact) mass is 641 g/mol. The van der Waals surface area contributed by atoms with Crippen molar-refractivity contribution in [3.8, 4) is 21.3 Å². The van der Waals surface area contributed by atoms with Gasteiger partial charge in [-0.1, -0.05) is 36.2 Å². The van der Waals surface area contributed by atoms with Crippen molar-refractivity contribution < 1.29 is 31.1 Å². The number of nitrogens with one attached hydrogen (secondary N) is 1. The highest BCUT2D eigenvalue weighted by molar-refractivity contribution is 7.89. The molecule has 1 fully saturated rings. The third kappa shape index (κ3) is 6.80. The number of rotatable bonds is 10. The first kappa shape index (κ1) is 31.1. The van der Waals surface area contributed by atoms with Crippen LogP contribution in [0.3, 0.4) is 0 Å². The summed E-state index contributed by atoms with van der Waals surface area (Å²) in [5, 5.41) is 17.9. The summed E-state index contributed by atoms with van der Waals surface area (Å²) >= 11 is 14.1. The third-order valence-electron chi connectivity index (χ3n) is 6.26. The zero-order chi connectivity index (χ0) is 29.5. The number of aliphatic hydroxyl groups is 1. The Hall–Kier alpha value is -1.81. The molecule has 1 aliphatic heterocycles. The van der Waals surface area contributed by atoms with Gasteiger partial charge in [-0.25, -0.2) is 31.3 Å². The minimum Gasteiger partial charge on any atom is -0.415 e. The number of thiazole rings is 1. The number of likely N-dealkylation sites (tertiary alicyclic amines) is 1. The van der Waals surface area contributed by atoms with E-state index in [1.165, 1.54) is 26.0 Å². The summed E-state index contributed by atoms with van der Waals surface area (Å²) in [5.41, 5.74) is -0.720. The topological polar surface area (TPSA) is 121 Å². The van der Waals surface area contributed by atoms with Gasteiger partial charge < -0.3 is 9.52 Å². The molecule has 3 heterocycles. The van der Waals surface area contributed by atoms with E-state index in [1.54, 1.807) is 11.8 Å². The molecule has 0 saturated carbocycles. The van der Waals surface area contributed by atoms with Gasteiger partial charge in [0.15, 0.2) is 5.01 Å². The van der Waals surface area contributed by atoms with Gasteiger partial charge in [-0.05, 0) is 39.3 Å². The van der Waals surface area contributed by atoms with E-state index >= 15 is 0 Å². The van der Waals surface area contributed by atoms with E-state index in [9.17, 15) is 26.7 Å². The highest BCUT2D eigenvalue weighted by atomic mass is 35.5. The Bertz CT molecular complexity index is 1470. The molecule has 40 heavy (non-hydrogen) atoms. The van der Waals surface area contributed by atoms with Crippen molar-refractivity contribution >= 4 is 44.6 Å². The Morgan fingerprint density at radius 3 is 2.60 bits per heavy atom. The van der Waals surface area contributed by atoms with Crippen molar-refractivity contribution in [2.75, 3.05) is 19.8 Å². The van der Waals surface area contributed by atoms with Gasteiger partial charge in [-0.15, -0.1) is 21.5 Å². The lowest BCUT2D eigenvalue weighted by Gasteiger charge is -2.32. The standard InChI is InChI=1S/C24H28Cl2F3N5O4S2/c1-4-13(10-27)33-40(36,37)16-7-6-14(17(25)18(16)26)19-15(11-34-9-5-8-24(28,29)12-34)30-21(39-19)20-31-32-22(38-20)23(2,3)35/h6-7,13,33,35H,4-5,8-12H2,1-3H3/t13-/m0/s1. The molecule has 0 aliphatic carbocycles. The van der Waals surface area contributed by atoms with Crippen LogP contribution < -0.4 is 4.72 Å². The molecule has 4 rings (SSSR count). The molecule has 16 heteroatoms. The fourth-order valence-electron chi connectivity index (χ4n) is 4.13. The van der Waals surface area contributed by atoms with Crippen molar-refractivity contribution in [3.63, 3.8) is 0 Å². The fourth-order valence-corrected chi connectivity index (χ4v) is 7.38. The van der Waals surface area contributed by atoms with E-state index in [1.807, 2.05) is 0 Å². The van der Waals surface area contributed by atoms with E-state index in [0.29, 0.717) is 29.1 Å². The summed E-state index contributed by atoms with van der Waals surface area (Å²) in [5.74, 6) is -2.88. The molecule has 0 unspecified atom stereocenters. The van der Waals surface area contributed by atoms with Crippen LogP contribution in [0.4, 0.5) is 13.2 Å². The predicted octanol–water partition coefficient (Wildman–Crippen LogP) is 5.65. The summed E-state index contributed by atoms with van der Waals surface area (Å²) in [6.07, 6.45) is 0.335. The molecule has 2 N–H and O–H groups in total. The minimum atomic E-state index is -4.20. The smallest absolute Gasteiger partial charge is 0.276 e. The van der Waals surface area contributed by atoms with Crippen LogP contribution in [0, 0.1) is 0 Å². The van der Waals surface area contributed by atoms with E-state index < -0.39 is 40.8 Å². The number of sulfonamides is 1. The first-order valence-electron chi connectivity index (χ1n) is 12.4. The number of piperidine rings is 1. The summed E-state index contributed by atoms with van der Waals surface area (Å²) < 4.78 is 75.1. The Morgan fingerprint density at radius 2 is 2.00 bits per heavy atom. The van der Waals surface area contributed by atoms with Crippen LogP contribution in [0.5, 0.6) is 0 Å². The van der Waals surface area contributed by atoms with Gasteiger partial charge in [-0.2, -0.15) is 0 Å². The van der Waals surface area contributed by atoms with Crippen molar-refractivity contribution in [2.24, 2.45) is 0 Å². The number of halogens is 5. The normalized spacial score (nSPS) is 17.3. The second-order valence-corrected chi connectivity index (χ2v) is 13.5. The van der Waals surface area contributed by atoms with Gasteiger partial charge in [0.05, 0.1) is 33.2 Å². The minimum absolute atomic E-state index is 0.000969. The van der Waals surface area contributed by atoms with Crippen LogP contribution in [0.15, 0.2) is 21.4 Å². The quantitative estimate of drug-likeness (QED) is 0.291. The van der Waals surface area contributed by atoms with Crippen molar-refractivity contribution in [3.05, 3.63) is 33.8 Å². The van der Waals surface area contributed by atoms with E-state index in [4.69, 9.17) is 27.6 Å². The average molecular weight is 643 g/mol. The van der Waals surface area contributed by atoms with Crippen molar-refractivity contribution in [2.45, 2.75) is 69.0 Å². The molecule has 3 aromatic rings. The lowest BCUT2D eigenvalue weighted by atomic mass is 10.1. The maximum atomic E-state index is 14.1. The van der Waals surface area contributed by atoms with Crippen LogP contribution in [0.25, 0.3) is 21.3 Å². The first-order chi connectivity index (χ1) is 18.6. The summed E-state index contributed by atoms with van der Waals surface area (Å²) in [6.45, 7) is 3.71. The highest BCUT2D eigenvalue weighted by Gasteiger charge is 2.36. The Labute approximate surface area is 243 Å². The van der Waals surface area contributed by atoms with Gasteiger partial charge in [0.2, 0.25) is 15.9 Å². The molecule has 0 bridgehead atoms. The number of benzene rings is 1. The van der Waals surface area contributed by atoms with Crippen LogP contribution in [-0.4, -0.2) is 65.3 Å². The molecular weight excluding hydrogens is 614 g/mol. The zero-order valence-corrected chi connectivity index (χ0v) is 25.0. The molecular formula is C24H28Cl2F3N5O4S2. The molecule has 0 amide bonds. The van der Waals surface area contributed by atoms with E-state index in [0.717, 1.165) is 11.3 Å². The lowest BCUT2D eigenvalue weighted by Crippen LogP contribution is -2.42. The molecule has 1 aromatic carbocycles. The van der Waals surface area contributed by atoms with Gasteiger partial charge >= 0.3 is 0 Å². The second-order valence-electron chi connectivity index (χ2n) is 10.1. The summed E-state index contributed by atoms with van der Waals surface area (Å²) in [6, 6.07) is 1.75. The second kappa shape index (κ2) is 11.8. The maximum absolute atomic E-state index is 14.1. The SMILES string of the molecule is CC[C@@H](CF)NS(=O)(=O)c1ccc(-c2sc(-c3nnc(C(C)(C)O)o3)nc2CN2CCCC(F)(F)C2)c(Cl)c1Cl. The van der Waals surface area contributed by atoms with Crippen molar-refractivity contribution in [1.82, 2.24) is 24.8 Å². The van der Waals surface area contributed by atoms with Crippen LogP contribution >= 0.6 is 34.5 Å². The Kier molecular flexibility index (Phi) is 9.20. The molecule has 0 spiro atoms. The summed E-state index contributed by atoms with van der Waals surface area (Å²) in [4.78, 5) is 6.26. The fraction of sp³-hybridized carbons (Fsp3) is 0.542. The van der Waals surface area contributed by atoms with Crippen molar-refractivity contribution in [1.29, 1.82) is 0 Å². The number of aromatic nitrogens is 3. The number of alkyl halides is 3. The third-order valence-corrected chi connectivity index (χ3v) is 9.93. The van der Waals surface area contributed by atoms with Crippen LogP contribution in [0.1, 0.15) is 51.6 Å². The van der Waals surface area contributed by atoms with Gasteiger partial charge in [0, 0.05) is 18.5 Å². The first-order valence-corrected chi connectivity index (χ1v) is 15.4. The zero-order valence-electron chi connectivity index (χ0n) is 21.8. The predicted molar refractivity (Wildman–Crippen MR) is 146 cm³/mol. The molecule has 1 aliphatic rings. The Morgan fingerprint density at radius 1 is 1.27 bits per heavy atom. The molecule has 9 nitrogen and oxygen atoms in total. The van der Waals surface area contributed by atoms with Gasteiger partial charge in [-0.3, -0.25) is 4.90 Å². The molecule has 0 radical (unpaired) electrons. The van der Waals surface area contributed by atoms with Crippen LogP contribution in [0.2, 0.25) is 10.0 Å². The molecule has 220 valence electrons. The van der Waals surface area contributed by atoms with E-state index in [2.05, 4.69) is 19.9 Å². The Balaban J connectivity index is 1.77. The maximum Gasteiger partial charge on any atom is 0.276 e. The summed E-state index contributed by atoms with van der Waals surface area (Å²) in [7, 11) is -4.20. The molecule has 1 saturated heterocycles. The van der Waals surface area contributed by atoms with Gasteiger partial charge in [0.1, 0.15) is 17.2 Å². The van der Waals surface area contributed by atoms with E-state index in [-0.39, 0.29) is 51.1 Å². The largest absolute Gasteiger partial charge is 0.415 e. The van der Waals surface area contributed by atoms with Crippen LogP contribution in [-0.2, 0) is 22.2 Å². The number of hydrogen-bond donors (Lipinski definition) is 2.